The Labute approximate surface area is 78.5 Å². The minimum atomic E-state index is -0.602. The molecule has 1 fully saturated rings. The fourth-order valence-electron chi connectivity index (χ4n) is 1.06. The highest BCUT2D eigenvalue weighted by Crippen LogP contribution is 2.17. The highest BCUT2D eigenvalue weighted by atomic mass is 16.6. The van der Waals surface area contributed by atoms with Crippen molar-refractivity contribution in [3.05, 3.63) is 0 Å². The molecule has 4 nitrogen and oxygen atoms in total. The van der Waals surface area contributed by atoms with E-state index in [0.29, 0.717) is 19.6 Å². The molecule has 0 radical (unpaired) electrons. The van der Waals surface area contributed by atoms with Gasteiger partial charge in [0.2, 0.25) is 0 Å². The zero-order chi connectivity index (χ0) is 10.1. The maximum Gasteiger partial charge on any atom is 0.155 e. The smallest absolute Gasteiger partial charge is 0.155 e. The molecule has 1 aliphatic heterocycles. The largest absolute Gasteiger partial charge is 0.400 e. The molecular weight excluding hydrogens is 172 g/mol. The fourth-order valence-corrected chi connectivity index (χ4v) is 1.06. The summed E-state index contributed by atoms with van der Waals surface area (Å²) in [5.74, 6) is 2.36. The van der Waals surface area contributed by atoms with E-state index in [0.717, 1.165) is 13.5 Å². The Kier molecular flexibility index (Phi) is 7.65. The summed E-state index contributed by atoms with van der Waals surface area (Å²) >= 11 is 0. The minimum absolute atomic E-state index is 0.0262. The first-order valence-corrected chi connectivity index (χ1v) is 4.12. The second kappa shape index (κ2) is 8.02. The van der Waals surface area contributed by atoms with Crippen LogP contribution in [0.2, 0.25) is 0 Å². The number of terminal acetylenes is 1. The van der Waals surface area contributed by atoms with E-state index in [-0.39, 0.29) is 6.10 Å². The zero-order valence-corrected chi connectivity index (χ0v) is 7.77. The molecule has 1 heterocycles. The Bertz CT molecular complexity index is 152. The van der Waals surface area contributed by atoms with Gasteiger partial charge in [0.05, 0.1) is 12.7 Å². The van der Waals surface area contributed by atoms with Crippen molar-refractivity contribution in [2.24, 2.45) is 0 Å². The van der Waals surface area contributed by atoms with Crippen molar-refractivity contribution in [3.63, 3.8) is 0 Å². The third-order valence-electron chi connectivity index (χ3n) is 1.57. The molecule has 0 aromatic heterocycles. The Hall–Kier alpha value is -0.600. The van der Waals surface area contributed by atoms with Crippen LogP contribution in [-0.4, -0.2) is 42.9 Å². The molecule has 0 aromatic carbocycles. The molecule has 2 atom stereocenters. The van der Waals surface area contributed by atoms with Crippen molar-refractivity contribution in [1.29, 1.82) is 0 Å². The molecule has 13 heavy (non-hydrogen) atoms. The van der Waals surface area contributed by atoms with Crippen molar-refractivity contribution in [3.8, 4) is 12.3 Å². The Morgan fingerprint density at radius 1 is 1.54 bits per heavy atom. The summed E-state index contributed by atoms with van der Waals surface area (Å²) in [6, 6.07) is 0. The van der Waals surface area contributed by atoms with Crippen molar-refractivity contribution in [2.75, 3.05) is 20.3 Å². The molecule has 0 amide bonds. The van der Waals surface area contributed by atoms with Crippen LogP contribution in [0.15, 0.2) is 0 Å². The third-order valence-corrected chi connectivity index (χ3v) is 1.57. The second-order valence-corrected chi connectivity index (χ2v) is 2.51. The van der Waals surface area contributed by atoms with Gasteiger partial charge in [0, 0.05) is 13.5 Å². The van der Waals surface area contributed by atoms with Gasteiger partial charge in [0.25, 0.3) is 0 Å². The van der Waals surface area contributed by atoms with Crippen LogP contribution >= 0.6 is 0 Å². The van der Waals surface area contributed by atoms with Crippen LogP contribution in [0.5, 0.6) is 0 Å². The first kappa shape index (κ1) is 12.4. The van der Waals surface area contributed by atoms with Gasteiger partial charge in [-0.15, -0.1) is 6.42 Å². The predicted octanol–water partition coefficient (Wildman–Crippen LogP) is -0.258. The van der Waals surface area contributed by atoms with Gasteiger partial charge in [-0.25, -0.2) is 0 Å². The summed E-state index contributed by atoms with van der Waals surface area (Å²) < 4.78 is 10.1. The molecule has 0 bridgehead atoms. The molecule has 0 spiro atoms. The summed E-state index contributed by atoms with van der Waals surface area (Å²) in [5, 5.41) is 15.9. The van der Waals surface area contributed by atoms with Crippen LogP contribution in [0, 0.1) is 12.3 Å². The van der Waals surface area contributed by atoms with Crippen LogP contribution in [0.1, 0.15) is 12.8 Å². The van der Waals surface area contributed by atoms with E-state index in [2.05, 4.69) is 5.92 Å². The van der Waals surface area contributed by atoms with Crippen LogP contribution in [0.25, 0.3) is 0 Å². The number of aliphatic hydroxyl groups is 2. The van der Waals surface area contributed by atoms with Gasteiger partial charge < -0.3 is 19.7 Å². The van der Waals surface area contributed by atoms with Gasteiger partial charge in [-0.1, -0.05) is 5.92 Å². The van der Waals surface area contributed by atoms with Gasteiger partial charge in [-0.05, 0) is 6.42 Å². The van der Waals surface area contributed by atoms with Crippen molar-refractivity contribution < 1.29 is 19.7 Å². The highest BCUT2D eigenvalue weighted by molar-refractivity contribution is 4.83. The maximum absolute atomic E-state index is 8.94. The molecule has 1 saturated heterocycles. The van der Waals surface area contributed by atoms with E-state index in [4.69, 9.17) is 26.1 Å². The zero-order valence-electron chi connectivity index (χ0n) is 7.77. The molecule has 2 N–H and O–H groups in total. The van der Waals surface area contributed by atoms with Gasteiger partial charge in [0.15, 0.2) is 6.29 Å². The molecule has 2 unspecified atom stereocenters. The summed E-state index contributed by atoms with van der Waals surface area (Å²) in [7, 11) is 1.00. The average Bonchev–Trinajstić information content (AvgIpc) is 2.56. The molecule has 1 rings (SSSR count). The lowest BCUT2D eigenvalue weighted by molar-refractivity contribution is -0.106. The van der Waals surface area contributed by atoms with E-state index < -0.39 is 6.29 Å². The molecule has 4 heteroatoms. The summed E-state index contributed by atoms with van der Waals surface area (Å²) in [5.41, 5.74) is 0. The van der Waals surface area contributed by atoms with Gasteiger partial charge in [-0.3, -0.25) is 0 Å². The maximum atomic E-state index is 8.94. The van der Waals surface area contributed by atoms with Crippen LogP contribution in [0.4, 0.5) is 0 Å². The normalized spacial score (nSPS) is 26.0. The standard InChI is InChI=1S/C8H12O3.CH4O/c1-2-5-10-6-7-3-4-8(9)11-7;1-2/h1,7-9H,3-6H2;2H,1H3. The van der Waals surface area contributed by atoms with Crippen molar-refractivity contribution in [1.82, 2.24) is 0 Å². The first-order valence-electron chi connectivity index (χ1n) is 4.12. The monoisotopic (exact) mass is 188 g/mol. The number of aliphatic hydroxyl groups excluding tert-OH is 2. The average molecular weight is 188 g/mol. The molecule has 0 aromatic rings. The fraction of sp³-hybridized carbons (Fsp3) is 0.778. The summed E-state index contributed by atoms with van der Waals surface area (Å²) in [6.07, 6.45) is 5.95. The van der Waals surface area contributed by atoms with E-state index in [1.165, 1.54) is 0 Å². The Balaban J connectivity index is 0.000000671. The molecule has 0 saturated carbocycles. The van der Waals surface area contributed by atoms with E-state index in [9.17, 15) is 0 Å². The second-order valence-electron chi connectivity index (χ2n) is 2.51. The van der Waals surface area contributed by atoms with E-state index in [1.807, 2.05) is 0 Å². The lowest BCUT2D eigenvalue weighted by Crippen LogP contribution is -2.16. The van der Waals surface area contributed by atoms with Crippen molar-refractivity contribution >= 4 is 0 Å². The highest BCUT2D eigenvalue weighted by Gasteiger charge is 2.22. The van der Waals surface area contributed by atoms with Gasteiger partial charge in [0.1, 0.15) is 6.61 Å². The van der Waals surface area contributed by atoms with Crippen LogP contribution < -0.4 is 0 Å². The Morgan fingerprint density at radius 2 is 2.23 bits per heavy atom. The first-order chi connectivity index (χ1) is 6.33. The quantitative estimate of drug-likeness (QED) is 0.473. The Morgan fingerprint density at radius 3 is 2.69 bits per heavy atom. The molecule has 76 valence electrons. The van der Waals surface area contributed by atoms with Crippen LogP contribution in [0.3, 0.4) is 0 Å². The number of ether oxygens (including phenoxy) is 2. The number of hydrogen-bond donors (Lipinski definition) is 2. The third kappa shape index (κ3) is 5.61. The lowest BCUT2D eigenvalue weighted by Gasteiger charge is -2.08. The predicted molar refractivity (Wildman–Crippen MR) is 47.9 cm³/mol. The SMILES string of the molecule is C#CCOCC1CCC(O)O1.CO. The van der Waals surface area contributed by atoms with E-state index in [1.54, 1.807) is 0 Å². The summed E-state index contributed by atoms with van der Waals surface area (Å²) in [6.45, 7) is 0.803. The topological polar surface area (TPSA) is 58.9 Å². The lowest BCUT2D eigenvalue weighted by atomic mass is 10.2. The van der Waals surface area contributed by atoms with E-state index >= 15 is 0 Å². The minimum Gasteiger partial charge on any atom is -0.400 e. The molecule has 1 aliphatic rings. The molecule has 0 aliphatic carbocycles. The number of rotatable bonds is 3. The van der Waals surface area contributed by atoms with Crippen LogP contribution in [-0.2, 0) is 9.47 Å². The van der Waals surface area contributed by atoms with Crippen molar-refractivity contribution in [2.45, 2.75) is 25.2 Å². The van der Waals surface area contributed by atoms with Gasteiger partial charge >= 0.3 is 0 Å². The molecular formula is C9H16O4. The summed E-state index contributed by atoms with van der Waals surface area (Å²) in [4.78, 5) is 0. The number of hydrogen-bond acceptors (Lipinski definition) is 4. The van der Waals surface area contributed by atoms with Gasteiger partial charge in [-0.2, -0.15) is 0 Å².